The molecule has 0 saturated carbocycles. The molecule has 3 aromatic rings. The molecule has 2 heterocycles. The highest BCUT2D eigenvalue weighted by Crippen LogP contribution is 2.19. The van der Waals surface area contributed by atoms with Gasteiger partial charge < -0.3 is 4.98 Å². The predicted molar refractivity (Wildman–Crippen MR) is 67.8 cm³/mol. The average Bonchev–Trinajstić information content (AvgIpc) is 2.38. The molecule has 1 N–H and O–H groups in total. The lowest BCUT2D eigenvalue weighted by Gasteiger charge is -2.02. The van der Waals surface area contributed by atoms with Crippen molar-refractivity contribution in [1.82, 2.24) is 9.97 Å². The second-order valence-electron chi connectivity index (χ2n) is 3.85. The lowest BCUT2D eigenvalue weighted by atomic mass is 10.1. The SMILES string of the molecule is O=c1cccc(-c2cnc3ccccc3c2)[nH]1. The molecule has 3 rings (SSSR count). The van der Waals surface area contributed by atoms with Crippen LogP contribution in [0.2, 0.25) is 0 Å². The molecule has 2 aromatic heterocycles. The summed E-state index contributed by atoms with van der Waals surface area (Å²) in [5.41, 5.74) is 2.56. The molecule has 82 valence electrons. The fourth-order valence-corrected chi connectivity index (χ4v) is 1.83. The Kier molecular flexibility index (Phi) is 2.22. The Morgan fingerprint density at radius 1 is 1.00 bits per heavy atom. The summed E-state index contributed by atoms with van der Waals surface area (Å²) < 4.78 is 0. The number of aromatic nitrogens is 2. The number of benzene rings is 1. The first-order valence-electron chi connectivity index (χ1n) is 5.37. The number of pyridine rings is 2. The molecule has 0 unspecified atom stereocenters. The van der Waals surface area contributed by atoms with Gasteiger partial charge in [-0.05, 0) is 18.2 Å². The summed E-state index contributed by atoms with van der Waals surface area (Å²) in [7, 11) is 0. The Hall–Kier alpha value is -2.42. The van der Waals surface area contributed by atoms with Crippen molar-refractivity contribution in [3.05, 3.63) is 65.1 Å². The van der Waals surface area contributed by atoms with E-state index in [1.165, 1.54) is 6.07 Å². The topological polar surface area (TPSA) is 45.8 Å². The summed E-state index contributed by atoms with van der Waals surface area (Å²) in [6.45, 7) is 0. The molecule has 0 fully saturated rings. The van der Waals surface area contributed by atoms with Gasteiger partial charge in [-0.25, -0.2) is 0 Å². The van der Waals surface area contributed by atoms with Crippen molar-refractivity contribution in [1.29, 1.82) is 0 Å². The summed E-state index contributed by atoms with van der Waals surface area (Å²) in [5, 5.41) is 1.06. The molecule has 0 amide bonds. The Balaban J connectivity index is 2.21. The Bertz CT molecular complexity index is 731. The minimum atomic E-state index is -0.101. The van der Waals surface area contributed by atoms with Crippen LogP contribution in [0.1, 0.15) is 0 Å². The van der Waals surface area contributed by atoms with Crippen LogP contribution in [0, 0.1) is 0 Å². The van der Waals surface area contributed by atoms with Gasteiger partial charge in [0, 0.05) is 28.9 Å². The minimum Gasteiger partial charge on any atom is -0.322 e. The molecule has 1 aromatic carbocycles. The van der Waals surface area contributed by atoms with Gasteiger partial charge in [-0.1, -0.05) is 24.3 Å². The van der Waals surface area contributed by atoms with Gasteiger partial charge in [0.05, 0.1) is 5.52 Å². The van der Waals surface area contributed by atoms with E-state index in [-0.39, 0.29) is 5.56 Å². The highest BCUT2D eigenvalue weighted by molar-refractivity contribution is 5.82. The fraction of sp³-hybridized carbons (Fsp3) is 0. The molecule has 0 aliphatic rings. The molecule has 0 aliphatic carbocycles. The zero-order valence-electron chi connectivity index (χ0n) is 9.05. The standard InChI is InChI=1S/C14H10N2O/c17-14-7-3-6-13(16-14)11-8-10-4-1-2-5-12(10)15-9-11/h1-9H,(H,16,17). The van der Waals surface area contributed by atoms with Crippen LogP contribution in [0.5, 0.6) is 0 Å². The maximum atomic E-state index is 11.3. The van der Waals surface area contributed by atoms with Gasteiger partial charge in [-0.2, -0.15) is 0 Å². The van der Waals surface area contributed by atoms with Crippen molar-refractivity contribution in [3.63, 3.8) is 0 Å². The molecule has 0 radical (unpaired) electrons. The van der Waals surface area contributed by atoms with Gasteiger partial charge >= 0.3 is 0 Å². The van der Waals surface area contributed by atoms with Crippen LogP contribution in [0.15, 0.2) is 59.5 Å². The average molecular weight is 222 g/mol. The van der Waals surface area contributed by atoms with E-state index in [0.29, 0.717) is 0 Å². The Morgan fingerprint density at radius 2 is 1.88 bits per heavy atom. The molecule has 3 nitrogen and oxygen atoms in total. The number of hydrogen-bond acceptors (Lipinski definition) is 2. The van der Waals surface area contributed by atoms with Gasteiger partial charge in [-0.15, -0.1) is 0 Å². The largest absolute Gasteiger partial charge is 0.322 e. The summed E-state index contributed by atoms with van der Waals surface area (Å²) >= 11 is 0. The van der Waals surface area contributed by atoms with E-state index in [2.05, 4.69) is 9.97 Å². The van der Waals surface area contributed by atoms with E-state index >= 15 is 0 Å². The van der Waals surface area contributed by atoms with E-state index in [4.69, 9.17) is 0 Å². The number of nitrogens with zero attached hydrogens (tertiary/aromatic N) is 1. The van der Waals surface area contributed by atoms with Gasteiger partial charge in [0.1, 0.15) is 0 Å². The van der Waals surface area contributed by atoms with Crippen molar-refractivity contribution < 1.29 is 0 Å². The molecule has 0 aliphatic heterocycles. The summed E-state index contributed by atoms with van der Waals surface area (Å²) in [5.74, 6) is 0. The molecule has 0 bridgehead atoms. The monoisotopic (exact) mass is 222 g/mol. The number of para-hydroxylation sites is 1. The summed E-state index contributed by atoms with van der Waals surface area (Å²) in [6.07, 6.45) is 1.77. The van der Waals surface area contributed by atoms with Gasteiger partial charge in [-0.3, -0.25) is 9.78 Å². The van der Waals surface area contributed by atoms with E-state index in [9.17, 15) is 4.79 Å². The predicted octanol–water partition coefficient (Wildman–Crippen LogP) is 2.59. The van der Waals surface area contributed by atoms with Gasteiger partial charge in [0.25, 0.3) is 0 Å². The number of aromatic amines is 1. The first kappa shape index (κ1) is 9.78. The third-order valence-electron chi connectivity index (χ3n) is 2.67. The Labute approximate surface area is 97.8 Å². The number of H-pyrrole nitrogens is 1. The zero-order chi connectivity index (χ0) is 11.7. The molecule has 3 heteroatoms. The Morgan fingerprint density at radius 3 is 2.76 bits per heavy atom. The van der Waals surface area contributed by atoms with Crippen LogP contribution in [0.4, 0.5) is 0 Å². The number of rotatable bonds is 1. The van der Waals surface area contributed by atoms with E-state index in [1.807, 2.05) is 36.4 Å². The third kappa shape index (κ3) is 1.83. The van der Waals surface area contributed by atoms with Crippen LogP contribution >= 0.6 is 0 Å². The zero-order valence-corrected chi connectivity index (χ0v) is 9.05. The molecular weight excluding hydrogens is 212 g/mol. The van der Waals surface area contributed by atoms with Gasteiger partial charge in [0.15, 0.2) is 0 Å². The van der Waals surface area contributed by atoms with Crippen LogP contribution in [0.3, 0.4) is 0 Å². The molecule has 0 spiro atoms. The highest BCUT2D eigenvalue weighted by Gasteiger charge is 2.00. The lowest BCUT2D eigenvalue weighted by Crippen LogP contribution is -2.03. The van der Waals surface area contributed by atoms with Gasteiger partial charge in [0.2, 0.25) is 5.56 Å². The van der Waals surface area contributed by atoms with E-state index < -0.39 is 0 Å². The maximum absolute atomic E-state index is 11.3. The maximum Gasteiger partial charge on any atom is 0.248 e. The highest BCUT2D eigenvalue weighted by atomic mass is 16.1. The number of hydrogen-bond donors (Lipinski definition) is 1. The first-order chi connectivity index (χ1) is 8.33. The molecule has 17 heavy (non-hydrogen) atoms. The minimum absolute atomic E-state index is 0.101. The fourth-order valence-electron chi connectivity index (χ4n) is 1.83. The van der Waals surface area contributed by atoms with Crippen LogP contribution in [-0.2, 0) is 0 Å². The van der Waals surface area contributed by atoms with Crippen molar-refractivity contribution in [2.75, 3.05) is 0 Å². The summed E-state index contributed by atoms with van der Waals surface area (Å²) in [4.78, 5) is 18.4. The first-order valence-corrected chi connectivity index (χ1v) is 5.37. The van der Waals surface area contributed by atoms with E-state index in [0.717, 1.165) is 22.2 Å². The van der Waals surface area contributed by atoms with Crippen LogP contribution in [0.25, 0.3) is 22.2 Å². The molecule has 0 saturated heterocycles. The van der Waals surface area contributed by atoms with Crippen molar-refractivity contribution in [2.45, 2.75) is 0 Å². The van der Waals surface area contributed by atoms with Crippen LogP contribution in [-0.4, -0.2) is 9.97 Å². The molecule has 0 atom stereocenters. The van der Waals surface area contributed by atoms with Crippen molar-refractivity contribution in [3.8, 4) is 11.3 Å². The second kappa shape index (κ2) is 3.87. The van der Waals surface area contributed by atoms with Crippen molar-refractivity contribution >= 4 is 10.9 Å². The lowest BCUT2D eigenvalue weighted by molar-refractivity contribution is 1.23. The number of fused-ring (bicyclic) bond motifs is 1. The van der Waals surface area contributed by atoms with E-state index in [1.54, 1.807) is 12.3 Å². The van der Waals surface area contributed by atoms with Crippen molar-refractivity contribution in [2.24, 2.45) is 0 Å². The quantitative estimate of drug-likeness (QED) is 0.687. The smallest absolute Gasteiger partial charge is 0.248 e. The normalized spacial score (nSPS) is 10.6. The summed E-state index contributed by atoms with van der Waals surface area (Å²) in [6, 6.07) is 15.0. The van der Waals surface area contributed by atoms with Crippen LogP contribution < -0.4 is 5.56 Å². The number of nitrogens with one attached hydrogen (secondary N) is 1. The molecular formula is C14H10N2O. The second-order valence-corrected chi connectivity index (χ2v) is 3.85. The third-order valence-corrected chi connectivity index (χ3v) is 2.67.